The SMILES string of the molecule is Cc1cc(S(=O)(=O)C(CNC(=O)C2CC2)c2cccs2)ccc1F. The van der Waals surface area contributed by atoms with Crippen molar-refractivity contribution in [1.29, 1.82) is 0 Å². The van der Waals surface area contributed by atoms with Gasteiger partial charge in [-0.2, -0.15) is 0 Å². The molecule has 1 atom stereocenters. The van der Waals surface area contributed by atoms with Crippen molar-refractivity contribution in [2.24, 2.45) is 5.92 Å². The number of amides is 1. The average molecular weight is 367 g/mol. The van der Waals surface area contributed by atoms with E-state index in [1.165, 1.54) is 30.4 Å². The molecule has 1 aromatic heterocycles. The van der Waals surface area contributed by atoms with E-state index in [0.29, 0.717) is 4.88 Å². The molecule has 1 amide bonds. The minimum Gasteiger partial charge on any atom is -0.354 e. The lowest BCUT2D eigenvalue weighted by Crippen LogP contribution is -2.32. The summed E-state index contributed by atoms with van der Waals surface area (Å²) in [5.41, 5.74) is 0.281. The summed E-state index contributed by atoms with van der Waals surface area (Å²) in [6, 6.07) is 7.30. The first-order valence-electron chi connectivity index (χ1n) is 7.71. The van der Waals surface area contributed by atoms with Crippen LogP contribution in [0, 0.1) is 18.7 Å². The zero-order chi connectivity index (χ0) is 17.3. The van der Waals surface area contributed by atoms with Crippen molar-refractivity contribution in [3.63, 3.8) is 0 Å². The Bertz CT molecular complexity index is 843. The van der Waals surface area contributed by atoms with Crippen molar-refractivity contribution < 1.29 is 17.6 Å². The molecule has 3 rings (SSSR count). The summed E-state index contributed by atoms with van der Waals surface area (Å²) in [5, 5.41) is 3.68. The normalized spacial score (nSPS) is 15.9. The van der Waals surface area contributed by atoms with Gasteiger partial charge in [-0.3, -0.25) is 4.79 Å². The highest BCUT2D eigenvalue weighted by molar-refractivity contribution is 7.91. The summed E-state index contributed by atoms with van der Waals surface area (Å²) in [4.78, 5) is 12.6. The van der Waals surface area contributed by atoms with Crippen LogP contribution in [0.25, 0.3) is 0 Å². The number of rotatable bonds is 6. The second kappa shape index (κ2) is 6.64. The summed E-state index contributed by atoms with van der Waals surface area (Å²) < 4.78 is 39.5. The van der Waals surface area contributed by atoms with E-state index < -0.39 is 20.9 Å². The number of thiophene rings is 1. The maximum atomic E-state index is 13.5. The fourth-order valence-corrected chi connectivity index (χ4v) is 5.35. The molecular weight excluding hydrogens is 349 g/mol. The van der Waals surface area contributed by atoms with Crippen LogP contribution < -0.4 is 5.32 Å². The lowest BCUT2D eigenvalue weighted by atomic mass is 10.2. The Morgan fingerprint density at radius 3 is 2.71 bits per heavy atom. The van der Waals surface area contributed by atoms with E-state index in [2.05, 4.69) is 5.32 Å². The molecule has 0 bridgehead atoms. The molecule has 1 aliphatic rings. The molecule has 1 unspecified atom stereocenters. The lowest BCUT2D eigenvalue weighted by molar-refractivity contribution is -0.122. The fourth-order valence-electron chi connectivity index (χ4n) is 2.48. The third-order valence-corrected chi connectivity index (χ3v) is 7.32. The van der Waals surface area contributed by atoms with Gasteiger partial charge in [-0.15, -0.1) is 11.3 Å². The van der Waals surface area contributed by atoms with Crippen LogP contribution in [-0.2, 0) is 14.6 Å². The van der Waals surface area contributed by atoms with Gasteiger partial charge in [0.2, 0.25) is 5.91 Å². The summed E-state index contributed by atoms with van der Waals surface area (Å²) in [6.45, 7) is 1.55. The molecule has 0 aliphatic heterocycles. The van der Waals surface area contributed by atoms with Crippen LogP contribution in [0.3, 0.4) is 0 Å². The Morgan fingerprint density at radius 2 is 2.12 bits per heavy atom. The number of carbonyl (C=O) groups is 1. The van der Waals surface area contributed by atoms with Crippen LogP contribution in [-0.4, -0.2) is 20.9 Å². The van der Waals surface area contributed by atoms with Crippen LogP contribution in [0.5, 0.6) is 0 Å². The van der Waals surface area contributed by atoms with Crippen LogP contribution in [0.4, 0.5) is 4.39 Å². The molecule has 24 heavy (non-hydrogen) atoms. The number of benzene rings is 1. The van der Waals surface area contributed by atoms with E-state index in [1.54, 1.807) is 17.5 Å². The van der Waals surface area contributed by atoms with Gasteiger partial charge in [0.05, 0.1) is 4.90 Å². The molecule has 1 aromatic carbocycles. The highest BCUT2D eigenvalue weighted by atomic mass is 32.2. The maximum Gasteiger partial charge on any atom is 0.223 e. The highest BCUT2D eigenvalue weighted by Crippen LogP contribution is 2.33. The highest BCUT2D eigenvalue weighted by Gasteiger charge is 2.34. The first kappa shape index (κ1) is 17.1. The Hall–Kier alpha value is -1.73. The lowest BCUT2D eigenvalue weighted by Gasteiger charge is -2.18. The molecule has 1 fully saturated rings. The van der Waals surface area contributed by atoms with E-state index >= 15 is 0 Å². The van der Waals surface area contributed by atoms with E-state index in [1.807, 2.05) is 0 Å². The van der Waals surface area contributed by atoms with E-state index in [9.17, 15) is 17.6 Å². The maximum absolute atomic E-state index is 13.5. The molecule has 1 saturated carbocycles. The molecular formula is C17H18FNO3S2. The van der Waals surface area contributed by atoms with Gasteiger partial charge in [0.25, 0.3) is 0 Å². The van der Waals surface area contributed by atoms with Crippen molar-refractivity contribution in [3.8, 4) is 0 Å². The monoisotopic (exact) mass is 367 g/mol. The third kappa shape index (κ3) is 3.52. The zero-order valence-corrected chi connectivity index (χ0v) is 14.8. The summed E-state index contributed by atoms with van der Waals surface area (Å²) >= 11 is 1.33. The second-order valence-electron chi connectivity index (χ2n) is 5.98. The van der Waals surface area contributed by atoms with Gasteiger partial charge in [-0.25, -0.2) is 12.8 Å². The number of hydrogen-bond acceptors (Lipinski definition) is 4. The van der Waals surface area contributed by atoms with Gasteiger partial charge in [-0.1, -0.05) is 6.07 Å². The third-order valence-electron chi connectivity index (χ3n) is 4.10. The van der Waals surface area contributed by atoms with Crippen LogP contribution >= 0.6 is 11.3 Å². The molecule has 7 heteroatoms. The van der Waals surface area contributed by atoms with E-state index in [-0.39, 0.29) is 28.8 Å². The predicted octanol–water partition coefficient (Wildman–Crippen LogP) is 3.24. The number of nitrogens with one attached hydrogen (secondary N) is 1. The summed E-state index contributed by atoms with van der Waals surface area (Å²) in [6.07, 6.45) is 1.72. The summed E-state index contributed by atoms with van der Waals surface area (Å²) in [7, 11) is -3.74. The Balaban J connectivity index is 1.90. The van der Waals surface area contributed by atoms with Gasteiger partial charge in [0.15, 0.2) is 9.84 Å². The molecule has 1 heterocycles. The van der Waals surface area contributed by atoms with Crippen molar-refractivity contribution in [1.82, 2.24) is 5.32 Å². The number of sulfone groups is 1. The topological polar surface area (TPSA) is 63.2 Å². The van der Waals surface area contributed by atoms with Gasteiger partial charge >= 0.3 is 0 Å². The Labute approximate surface area is 144 Å². The van der Waals surface area contributed by atoms with Crippen LogP contribution in [0.1, 0.15) is 28.5 Å². The van der Waals surface area contributed by atoms with Crippen molar-refractivity contribution >= 4 is 27.1 Å². The number of halogens is 1. The van der Waals surface area contributed by atoms with Crippen LogP contribution in [0.2, 0.25) is 0 Å². The van der Waals surface area contributed by atoms with Crippen LogP contribution in [0.15, 0.2) is 40.6 Å². The molecule has 2 aromatic rings. The molecule has 4 nitrogen and oxygen atoms in total. The first-order valence-corrected chi connectivity index (χ1v) is 10.1. The minimum atomic E-state index is -3.74. The minimum absolute atomic E-state index is 0.0183. The quantitative estimate of drug-likeness (QED) is 0.797. The second-order valence-corrected chi connectivity index (χ2v) is 9.09. The van der Waals surface area contributed by atoms with Gasteiger partial charge < -0.3 is 5.32 Å². The molecule has 1 N–H and O–H groups in total. The van der Waals surface area contributed by atoms with Crippen molar-refractivity contribution in [2.45, 2.75) is 29.9 Å². The standard InChI is InChI=1S/C17H18FNO3S2/c1-11-9-13(6-7-14(11)18)24(21,22)16(15-3-2-8-23-15)10-19-17(20)12-4-5-12/h2-3,6-9,12,16H,4-5,10H2,1H3,(H,19,20). The molecule has 0 spiro atoms. The Morgan fingerprint density at radius 1 is 1.38 bits per heavy atom. The molecule has 128 valence electrons. The van der Waals surface area contributed by atoms with Crippen molar-refractivity contribution in [2.75, 3.05) is 6.54 Å². The fraction of sp³-hybridized carbons (Fsp3) is 0.353. The molecule has 0 radical (unpaired) electrons. The smallest absolute Gasteiger partial charge is 0.223 e. The molecule has 1 aliphatic carbocycles. The van der Waals surface area contributed by atoms with Gasteiger partial charge in [0.1, 0.15) is 11.1 Å². The van der Waals surface area contributed by atoms with Crippen molar-refractivity contribution in [3.05, 3.63) is 52.0 Å². The van der Waals surface area contributed by atoms with Gasteiger partial charge in [-0.05, 0) is 55.0 Å². The van der Waals surface area contributed by atoms with E-state index in [4.69, 9.17) is 0 Å². The zero-order valence-electron chi connectivity index (χ0n) is 13.2. The van der Waals surface area contributed by atoms with E-state index in [0.717, 1.165) is 18.9 Å². The number of hydrogen-bond donors (Lipinski definition) is 1. The largest absolute Gasteiger partial charge is 0.354 e. The summed E-state index contributed by atoms with van der Waals surface area (Å²) in [5.74, 6) is -0.518. The number of aryl methyl sites for hydroxylation is 1. The van der Waals surface area contributed by atoms with Gasteiger partial charge in [0, 0.05) is 17.3 Å². The first-order chi connectivity index (χ1) is 11.4. The number of carbonyl (C=O) groups excluding carboxylic acids is 1. The Kier molecular flexibility index (Phi) is 4.73. The predicted molar refractivity (Wildman–Crippen MR) is 91.1 cm³/mol. The average Bonchev–Trinajstić information content (AvgIpc) is 3.26. The molecule has 0 saturated heterocycles.